The van der Waals surface area contributed by atoms with E-state index in [0.717, 1.165) is 23.5 Å². The van der Waals surface area contributed by atoms with Gasteiger partial charge in [0.25, 0.3) is 0 Å². The molecule has 4 nitrogen and oxygen atoms in total. The van der Waals surface area contributed by atoms with Crippen LogP contribution >= 0.6 is 11.3 Å². The van der Waals surface area contributed by atoms with Gasteiger partial charge in [0.2, 0.25) is 0 Å². The predicted octanol–water partition coefficient (Wildman–Crippen LogP) is 2.55. The van der Waals surface area contributed by atoms with E-state index in [2.05, 4.69) is 0 Å². The SMILES string of the molecule is COc1ccc(F)cc1C(=O)CS(=O)(=O)c1cccs1. The molecule has 0 aliphatic heterocycles. The number of ketones is 1. The Kier molecular flexibility index (Phi) is 4.20. The molecule has 0 unspecified atom stereocenters. The number of thiophene rings is 1. The highest BCUT2D eigenvalue weighted by atomic mass is 32.2. The Morgan fingerprint density at radius 2 is 2.10 bits per heavy atom. The van der Waals surface area contributed by atoms with Crippen molar-refractivity contribution in [1.29, 1.82) is 0 Å². The summed E-state index contributed by atoms with van der Waals surface area (Å²) in [6.07, 6.45) is 0. The van der Waals surface area contributed by atoms with Crippen LogP contribution in [0.25, 0.3) is 0 Å². The van der Waals surface area contributed by atoms with E-state index in [4.69, 9.17) is 4.74 Å². The van der Waals surface area contributed by atoms with Gasteiger partial charge in [0.05, 0.1) is 12.7 Å². The summed E-state index contributed by atoms with van der Waals surface area (Å²) < 4.78 is 42.3. The minimum absolute atomic E-state index is 0.0763. The highest BCUT2D eigenvalue weighted by molar-refractivity contribution is 7.94. The van der Waals surface area contributed by atoms with E-state index in [1.54, 1.807) is 11.4 Å². The first kappa shape index (κ1) is 14.7. The van der Waals surface area contributed by atoms with Gasteiger partial charge in [-0.1, -0.05) is 6.07 Å². The number of benzene rings is 1. The lowest BCUT2D eigenvalue weighted by molar-refractivity contribution is 0.101. The zero-order valence-corrected chi connectivity index (χ0v) is 12.1. The molecule has 0 radical (unpaired) electrons. The molecule has 0 saturated heterocycles. The van der Waals surface area contributed by atoms with Crippen molar-refractivity contribution in [2.24, 2.45) is 0 Å². The van der Waals surface area contributed by atoms with Crippen molar-refractivity contribution in [2.75, 3.05) is 12.9 Å². The summed E-state index contributed by atoms with van der Waals surface area (Å²) in [5.41, 5.74) is -0.0763. The van der Waals surface area contributed by atoms with E-state index < -0.39 is 27.2 Å². The first-order valence-electron chi connectivity index (χ1n) is 5.57. The lowest BCUT2D eigenvalue weighted by Crippen LogP contribution is -2.16. The van der Waals surface area contributed by atoms with Gasteiger partial charge in [-0.2, -0.15) is 0 Å². The third-order valence-electron chi connectivity index (χ3n) is 2.58. The lowest BCUT2D eigenvalue weighted by Gasteiger charge is -2.07. The average Bonchev–Trinajstić information content (AvgIpc) is 2.92. The lowest BCUT2D eigenvalue weighted by atomic mass is 10.1. The highest BCUT2D eigenvalue weighted by Crippen LogP contribution is 2.23. The van der Waals surface area contributed by atoms with Gasteiger partial charge >= 0.3 is 0 Å². The van der Waals surface area contributed by atoms with Gasteiger partial charge in [-0.05, 0) is 29.6 Å². The number of methoxy groups -OCH3 is 1. The Hall–Kier alpha value is -1.73. The number of hydrogen-bond donors (Lipinski definition) is 0. The summed E-state index contributed by atoms with van der Waals surface area (Å²) in [6.45, 7) is 0. The van der Waals surface area contributed by atoms with E-state index in [-0.39, 0.29) is 15.5 Å². The van der Waals surface area contributed by atoms with Crippen molar-refractivity contribution < 1.29 is 22.3 Å². The maximum absolute atomic E-state index is 13.2. The number of sulfone groups is 1. The molecule has 0 N–H and O–H groups in total. The van der Waals surface area contributed by atoms with Crippen LogP contribution in [0, 0.1) is 5.82 Å². The molecular formula is C13H11FO4S2. The van der Waals surface area contributed by atoms with E-state index >= 15 is 0 Å². The number of hydrogen-bond acceptors (Lipinski definition) is 5. The minimum Gasteiger partial charge on any atom is -0.496 e. The van der Waals surface area contributed by atoms with Crippen LogP contribution in [0.1, 0.15) is 10.4 Å². The van der Waals surface area contributed by atoms with Gasteiger partial charge < -0.3 is 4.74 Å². The molecular weight excluding hydrogens is 303 g/mol. The van der Waals surface area contributed by atoms with Crippen LogP contribution in [0.2, 0.25) is 0 Å². The van der Waals surface area contributed by atoms with E-state index in [1.165, 1.54) is 19.2 Å². The Morgan fingerprint density at radius 1 is 1.35 bits per heavy atom. The molecule has 1 aromatic heterocycles. The number of carbonyl (C=O) groups is 1. The van der Waals surface area contributed by atoms with Gasteiger partial charge in [0.1, 0.15) is 21.5 Å². The topological polar surface area (TPSA) is 60.4 Å². The molecule has 106 valence electrons. The third-order valence-corrected chi connectivity index (χ3v) is 5.69. The van der Waals surface area contributed by atoms with Crippen LogP contribution in [0.5, 0.6) is 5.75 Å². The predicted molar refractivity (Wildman–Crippen MR) is 73.7 cm³/mol. The second kappa shape index (κ2) is 5.72. The molecule has 7 heteroatoms. The van der Waals surface area contributed by atoms with Crippen molar-refractivity contribution in [3.8, 4) is 5.75 Å². The molecule has 0 bridgehead atoms. The Bertz CT molecular complexity index is 721. The molecule has 2 rings (SSSR count). The largest absolute Gasteiger partial charge is 0.496 e. The number of halogens is 1. The quantitative estimate of drug-likeness (QED) is 0.796. The molecule has 20 heavy (non-hydrogen) atoms. The summed E-state index contributed by atoms with van der Waals surface area (Å²) in [6, 6.07) is 6.43. The molecule has 0 amide bonds. The first-order chi connectivity index (χ1) is 9.44. The van der Waals surface area contributed by atoms with Gasteiger partial charge in [-0.3, -0.25) is 4.79 Å². The van der Waals surface area contributed by atoms with Gasteiger partial charge in [0.15, 0.2) is 15.6 Å². The van der Waals surface area contributed by atoms with E-state index in [1.807, 2.05) is 0 Å². The van der Waals surface area contributed by atoms with Gasteiger partial charge in [0, 0.05) is 0 Å². The van der Waals surface area contributed by atoms with Crippen LogP contribution in [0.4, 0.5) is 4.39 Å². The Labute approximate surface area is 119 Å². The van der Waals surface area contributed by atoms with Crippen molar-refractivity contribution in [1.82, 2.24) is 0 Å². The van der Waals surface area contributed by atoms with Gasteiger partial charge in [-0.25, -0.2) is 12.8 Å². The fourth-order valence-corrected chi connectivity index (χ4v) is 3.97. The number of ether oxygens (including phenoxy) is 1. The normalized spacial score (nSPS) is 11.3. The van der Waals surface area contributed by atoms with Crippen LogP contribution in [-0.4, -0.2) is 27.1 Å². The second-order valence-corrected chi connectivity index (χ2v) is 7.12. The maximum atomic E-state index is 13.2. The molecule has 0 atom stereocenters. The standard InChI is InChI=1S/C13H11FO4S2/c1-18-12-5-4-9(14)7-10(12)11(15)8-20(16,17)13-3-2-6-19-13/h2-7H,8H2,1H3. The van der Waals surface area contributed by atoms with Gasteiger partial charge in [-0.15, -0.1) is 11.3 Å². The Morgan fingerprint density at radius 3 is 2.70 bits per heavy atom. The maximum Gasteiger partial charge on any atom is 0.195 e. The number of Topliss-reactive ketones (excluding diaryl/α,β-unsaturated/α-hetero) is 1. The molecule has 0 saturated carbocycles. The van der Waals surface area contributed by atoms with Crippen molar-refractivity contribution in [2.45, 2.75) is 4.21 Å². The molecule has 0 aliphatic carbocycles. The van der Waals surface area contributed by atoms with Crippen molar-refractivity contribution in [3.05, 3.63) is 47.1 Å². The molecule has 0 fully saturated rings. The molecule has 1 aromatic carbocycles. The first-order valence-corrected chi connectivity index (χ1v) is 8.10. The summed E-state index contributed by atoms with van der Waals surface area (Å²) in [5, 5.41) is 1.61. The summed E-state index contributed by atoms with van der Waals surface area (Å²) in [4.78, 5) is 12.1. The van der Waals surface area contributed by atoms with Crippen LogP contribution < -0.4 is 4.74 Å². The van der Waals surface area contributed by atoms with E-state index in [0.29, 0.717) is 0 Å². The highest BCUT2D eigenvalue weighted by Gasteiger charge is 2.23. The summed E-state index contributed by atoms with van der Waals surface area (Å²) in [5.74, 6) is -1.89. The third kappa shape index (κ3) is 3.05. The summed E-state index contributed by atoms with van der Waals surface area (Å²) >= 11 is 1.03. The smallest absolute Gasteiger partial charge is 0.195 e. The van der Waals surface area contributed by atoms with Crippen LogP contribution in [-0.2, 0) is 9.84 Å². The minimum atomic E-state index is -3.71. The fourth-order valence-electron chi connectivity index (χ4n) is 1.66. The van der Waals surface area contributed by atoms with Crippen LogP contribution in [0.15, 0.2) is 39.9 Å². The zero-order chi connectivity index (χ0) is 14.8. The monoisotopic (exact) mass is 314 g/mol. The molecule has 2 aromatic rings. The van der Waals surface area contributed by atoms with Crippen LogP contribution in [0.3, 0.4) is 0 Å². The van der Waals surface area contributed by atoms with Crippen molar-refractivity contribution >= 4 is 27.0 Å². The van der Waals surface area contributed by atoms with Crippen molar-refractivity contribution in [3.63, 3.8) is 0 Å². The number of carbonyl (C=O) groups excluding carboxylic acids is 1. The second-order valence-electron chi connectivity index (χ2n) is 3.96. The molecule has 1 heterocycles. The Balaban J connectivity index is 2.32. The van der Waals surface area contributed by atoms with E-state index in [9.17, 15) is 17.6 Å². The summed E-state index contributed by atoms with van der Waals surface area (Å²) in [7, 11) is -2.38. The fraction of sp³-hybridized carbons (Fsp3) is 0.154. The molecule has 0 spiro atoms. The molecule has 0 aliphatic rings. The zero-order valence-electron chi connectivity index (χ0n) is 10.5. The number of rotatable bonds is 5. The average molecular weight is 314 g/mol.